The number of anilines is 1. The molecule has 7 heteroatoms. The Kier molecular flexibility index (Phi) is 5.83. The van der Waals surface area contributed by atoms with Crippen LogP contribution in [0.3, 0.4) is 0 Å². The highest BCUT2D eigenvalue weighted by atomic mass is 32.1. The monoisotopic (exact) mass is 429 g/mol. The van der Waals surface area contributed by atoms with Crippen LogP contribution in [-0.4, -0.2) is 24.6 Å². The SMILES string of the molecule is COc1cc(C#N)ccc1OCC(=O)Nc1ccc(-c2nc3ccc(C)cc3s2)cc1. The molecule has 4 rings (SSSR count). The molecule has 1 aromatic heterocycles. The van der Waals surface area contributed by atoms with Gasteiger partial charge in [0.2, 0.25) is 0 Å². The van der Waals surface area contributed by atoms with E-state index in [0.29, 0.717) is 22.7 Å². The fourth-order valence-electron chi connectivity index (χ4n) is 3.05. The molecule has 0 unspecified atom stereocenters. The van der Waals surface area contributed by atoms with Crippen LogP contribution in [0.1, 0.15) is 11.1 Å². The van der Waals surface area contributed by atoms with E-state index in [0.717, 1.165) is 20.8 Å². The second kappa shape index (κ2) is 8.86. The van der Waals surface area contributed by atoms with Crippen molar-refractivity contribution in [1.82, 2.24) is 4.98 Å². The van der Waals surface area contributed by atoms with Gasteiger partial charge >= 0.3 is 0 Å². The van der Waals surface area contributed by atoms with Gasteiger partial charge in [-0.25, -0.2) is 4.98 Å². The predicted molar refractivity (Wildman–Crippen MR) is 122 cm³/mol. The van der Waals surface area contributed by atoms with E-state index < -0.39 is 0 Å². The van der Waals surface area contributed by atoms with Gasteiger partial charge in [0.1, 0.15) is 5.01 Å². The van der Waals surface area contributed by atoms with E-state index in [1.165, 1.54) is 12.7 Å². The molecule has 0 saturated heterocycles. The zero-order chi connectivity index (χ0) is 21.8. The molecular formula is C24H19N3O3S. The molecule has 0 atom stereocenters. The van der Waals surface area contributed by atoms with Gasteiger partial charge < -0.3 is 14.8 Å². The zero-order valence-corrected chi connectivity index (χ0v) is 17.8. The average molecular weight is 430 g/mol. The summed E-state index contributed by atoms with van der Waals surface area (Å²) < 4.78 is 11.9. The summed E-state index contributed by atoms with van der Waals surface area (Å²) in [5.41, 5.74) is 4.31. The number of nitrogens with one attached hydrogen (secondary N) is 1. The molecule has 154 valence electrons. The van der Waals surface area contributed by atoms with Crippen molar-refractivity contribution in [3.8, 4) is 28.1 Å². The quantitative estimate of drug-likeness (QED) is 0.457. The fourth-order valence-corrected chi connectivity index (χ4v) is 4.12. The van der Waals surface area contributed by atoms with Crippen molar-refractivity contribution in [2.24, 2.45) is 0 Å². The van der Waals surface area contributed by atoms with Gasteiger partial charge in [0.25, 0.3) is 5.91 Å². The molecule has 0 radical (unpaired) electrons. The number of methoxy groups -OCH3 is 1. The smallest absolute Gasteiger partial charge is 0.262 e. The topological polar surface area (TPSA) is 84.2 Å². The number of aromatic nitrogens is 1. The largest absolute Gasteiger partial charge is 0.493 e. The summed E-state index contributed by atoms with van der Waals surface area (Å²) in [7, 11) is 1.48. The Bertz CT molecular complexity index is 1290. The number of amides is 1. The first-order chi connectivity index (χ1) is 15.1. The minimum absolute atomic E-state index is 0.179. The summed E-state index contributed by atoms with van der Waals surface area (Å²) in [4.78, 5) is 17.0. The maximum Gasteiger partial charge on any atom is 0.262 e. The number of ether oxygens (including phenoxy) is 2. The molecule has 1 N–H and O–H groups in total. The standard InChI is InChI=1S/C24H19N3O3S/c1-15-3-9-19-22(11-15)31-24(27-19)17-5-7-18(8-6-17)26-23(28)14-30-20-10-4-16(13-25)12-21(20)29-2/h3-12H,14H2,1-2H3,(H,26,28). The number of carbonyl (C=O) groups is 1. The van der Waals surface area contributed by atoms with Gasteiger partial charge in [-0.05, 0) is 61.0 Å². The van der Waals surface area contributed by atoms with Crippen LogP contribution >= 0.6 is 11.3 Å². The minimum atomic E-state index is -0.297. The Morgan fingerprint density at radius 3 is 2.65 bits per heavy atom. The molecule has 1 heterocycles. The highest BCUT2D eigenvalue weighted by Crippen LogP contribution is 2.31. The molecule has 0 saturated carbocycles. The van der Waals surface area contributed by atoms with E-state index in [2.05, 4.69) is 29.4 Å². The van der Waals surface area contributed by atoms with E-state index in [1.807, 2.05) is 36.4 Å². The maximum atomic E-state index is 12.3. The third-order valence-corrected chi connectivity index (χ3v) is 5.68. The number of rotatable bonds is 6. The first-order valence-corrected chi connectivity index (χ1v) is 10.4. The number of fused-ring (bicyclic) bond motifs is 1. The summed E-state index contributed by atoms with van der Waals surface area (Å²) in [6, 6.07) is 20.6. The Hall–Kier alpha value is -3.89. The van der Waals surface area contributed by atoms with Crippen LogP contribution in [0.4, 0.5) is 5.69 Å². The molecule has 3 aromatic carbocycles. The van der Waals surface area contributed by atoms with E-state index >= 15 is 0 Å². The van der Waals surface area contributed by atoms with Gasteiger partial charge in [0.05, 0.1) is 29.0 Å². The van der Waals surface area contributed by atoms with Crippen LogP contribution in [0.15, 0.2) is 60.7 Å². The summed E-state index contributed by atoms with van der Waals surface area (Å²) in [6.45, 7) is 1.89. The Morgan fingerprint density at radius 2 is 1.90 bits per heavy atom. The van der Waals surface area contributed by atoms with Crippen LogP contribution in [0.2, 0.25) is 0 Å². The second-order valence-corrected chi connectivity index (χ2v) is 7.91. The van der Waals surface area contributed by atoms with E-state index in [-0.39, 0.29) is 12.5 Å². The molecule has 0 fully saturated rings. The zero-order valence-electron chi connectivity index (χ0n) is 17.0. The second-order valence-electron chi connectivity index (χ2n) is 6.88. The number of hydrogen-bond acceptors (Lipinski definition) is 6. The van der Waals surface area contributed by atoms with Crippen LogP contribution in [0, 0.1) is 18.3 Å². The van der Waals surface area contributed by atoms with Crippen molar-refractivity contribution in [1.29, 1.82) is 5.26 Å². The number of carbonyl (C=O) groups excluding carboxylic acids is 1. The Morgan fingerprint density at radius 1 is 1.10 bits per heavy atom. The lowest BCUT2D eigenvalue weighted by molar-refractivity contribution is -0.118. The first-order valence-electron chi connectivity index (χ1n) is 9.54. The van der Waals surface area contributed by atoms with E-state index in [1.54, 1.807) is 29.5 Å². The number of nitriles is 1. The van der Waals surface area contributed by atoms with Crippen molar-refractivity contribution in [2.75, 3.05) is 19.0 Å². The molecule has 0 aliphatic rings. The Labute approximate surface area is 183 Å². The maximum absolute atomic E-state index is 12.3. The molecule has 6 nitrogen and oxygen atoms in total. The van der Waals surface area contributed by atoms with Crippen molar-refractivity contribution in [3.63, 3.8) is 0 Å². The predicted octanol–water partition coefficient (Wildman–Crippen LogP) is 5.17. The molecule has 0 aliphatic carbocycles. The van der Waals surface area contributed by atoms with Crippen molar-refractivity contribution in [3.05, 3.63) is 71.8 Å². The summed E-state index contributed by atoms with van der Waals surface area (Å²) >= 11 is 1.65. The number of nitrogens with zero attached hydrogens (tertiary/aromatic N) is 2. The third kappa shape index (κ3) is 4.65. The summed E-state index contributed by atoms with van der Waals surface area (Å²) in [5, 5.41) is 12.7. The molecule has 1 amide bonds. The highest BCUT2D eigenvalue weighted by Gasteiger charge is 2.10. The van der Waals surface area contributed by atoms with Crippen molar-refractivity contribution >= 4 is 33.1 Å². The van der Waals surface area contributed by atoms with Crippen molar-refractivity contribution in [2.45, 2.75) is 6.92 Å². The number of hydrogen-bond donors (Lipinski definition) is 1. The molecule has 0 bridgehead atoms. The number of thiazole rings is 1. The number of aryl methyl sites for hydroxylation is 1. The minimum Gasteiger partial charge on any atom is -0.493 e. The molecular weight excluding hydrogens is 410 g/mol. The molecule has 31 heavy (non-hydrogen) atoms. The fraction of sp³-hybridized carbons (Fsp3) is 0.125. The lowest BCUT2D eigenvalue weighted by Gasteiger charge is -2.11. The first kappa shape index (κ1) is 20.4. The number of benzene rings is 3. The van der Waals surface area contributed by atoms with Gasteiger partial charge in [-0.2, -0.15) is 5.26 Å². The summed E-state index contributed by atoms with van der Waals surface area (Å²) in [5.74, 6) is 0.509. The van der Waals surface area contributed by atoms with Gasteiger partial charge in [-0.15, -0.1) is 11.3 Å². The molecule has 0 spiro atoms. The lowest BCUT2D eigenvalue weighted by Crippen LogP contribution is -2.20. The molecule has 0 aliphatic heterocycles. The van der Waals surface area contributed by atoms with E-state index in [4.69, 9.17) is 14.7 Å². The van der Waals surface area contributed by atoms with Crippen LogP contribution < -0.4 is 14.8 Å². The van der Waals surface area contributed by atoms with Crippen LogP contribution in [-0.2, 0) is 4.79 Å². The normalized spacial score (nSPS) is 10.5. The van der Waals surface area contributed by atoms with Crippen molar-refractivity contribution < 1.29 is 14.3 Å². The Balaban J connectivity index is 1.39. The third-order valence-electron chi connectivity index (χ3n) is 4.61. The highest BCUT2D eigenvalue weighted by molar-refractivity contribution is 7.21. The van der Waals surface area contributed by atoms with Crippen LogP contribution in [0.5, 0.6) is 11.5 Å². The van der Waals surface area contributed by atoms with Gasteiger partial charge in [-0.3, -0.25) is 4.79 Å². The lowest BCUT2D eigenvalue weighted by atomic mass is 10.2. The summed E-state index contributed by atoms with van der Waals surface area (Å²) in [6.07, 6.45) is 0. The molecule has 4 aromatic rings. The average Bonchev–Trinajstić information content (AvgIpc) is 3.21. The van der Waals surface area contributed by atoms with Gasteiger partial charge in [0.15, 0.2) is 18.1 Å². The van der Waals surface area contributed by atoms with E-state index in [9.17, 15) is 4.79 Å². The van der Waals surface area contributed by atoms with Crippen LogP contribution in [0.25, 0.3) is 20.8 Å². The van der Waals surface area contributed by atoms with Gasteiger partial charge in [-0.1, -0.05) is 6.07 Å². The van der Waals surface area contributed by atoms with Gasteiger partial charge in [0, 0.05) is 17.3 Å².